The highest BCUT2D eigenvalue weighted by Gasteiger charge is 2.24. The summed E-state index contributed by atoms with van der Waals surface area (Å²) in [5.41, 5.74) is 31.0. The largest absolute Gasteiger partial charge is 0.456 e. The Labute approximate surface area is 665 Å². The molecule has 0 spiro atoms. The summed E-state index contributed by atoms with van der Waals surface area (Å²) >= 11 is 0. The van der Waals surface area contributed by atoms with Crippen LogP contribution < -0.4 is 0 Å². The first-order valence-electron chi connectivity index (χ1n) is 39.8. The summed E-state index contributed by atoms with van der Waals surface area (Å²) in [4.78, 5) is 0. The number of aromatic nitrogens is 4. The van der Waals surface area contributed by atoms with E-state index in [2.05, 4.69) is 419 Å². The van der Waals surface area contributed by atoms with Crippen LogP contribution in [0.5, 0.6) is 0 Å². The van der Waals surface area contributed by atoms with Crippen LogP contribution in [0.3, 0.4) is 0 Å². The number of fused-ring (bicyclic) bond motifs is 21. The van der Waals surface area contributed by atoms with E-state index in [1.54, 1.807) is 0 Å². The van der Waals surface area contributed by atoms with Crippen molar-refractivity contribution in [2.75, 3.05) is 0 Å². The van der Waals surface area contributed by atoms with E-state index in [4.69, 9.17) is 8.83 Å². The summed E-state index contributed by atoms with van der Waals surface area (Å²) in [5, 5.41) is 18.9. The predicted molar refractivity (Wildman–Crippen MR) is 486 cm³/mol. The smallest absolute Gasteiger partial charge is 0.136 e. The number of para-hydroxylation sites is 4. The molecule has 6 nitrogen and oxygen atoms in total. The topological polar surface area (TPSA) is 46.0 Å². The Hall–Kier alpha value is -15.5. The highest BCUT2D eigenvalue weighted by atomic mass is 16.3. The number of benzene rings is 19. The van der Waals surface area contributed by atoms with Gasteiger partial charge in [0.05, 0.1) is 44.1 Å². The molecule has 0 N–H and O–H groups in total. The van der Waals surface area contributed by atoms with E-state index < -0.39 is 0 Å². The second-order valence-electron chi connectivity index (χ2n) is 31.0. The van der Waals surface area contributed by atoms with Gasteiger partial charge in [-0.1, -0.05) is 231 Å². The van der Waals surface area contributed by atoms with Gasteiger partial charge in [-0.05, 0) is 258 Å². The van der Waals surface area contributed by atoms with E-state index in [1.807, 2.05) is 0 Å². The molecule has 0 aliphatic heterocycles. The van der Waals surface area contributed by atoms with Crippen LogP contribution in [0.1, 0.15) is 0 Å². The Morgan fingerprint density at radius 1 is 0.147 bits per heavy atom. The van der Waals surface area contributed by atoms with Crippen molar-refractivity contribution in [1.82, 2.24) is 18.3 Å². The van der Waals surface area contributed by atoms with E-state index in [-0.39, 0.29) is 0 Å². The van der Waals surface area contributed by atoms with Crippen molar-refractivity contribution in [2.45, 2.75) is 0 Å². The molecule has 0 amide bonds. The minimum Gasteiger partial charge on any atom is -0.456 e. The molecule has 6 heteroatoms. The maximum absolute atomic E-state index is 6.80. The number of nitrogens with zero attached hydrogens (tertiary/aromatic N) is 4. The van der Waals surface area contributed by atoms with Crippen molar-refractivity contribution in [3.05, 3.63) is 400 Å². The SMILES string of the molecule is c1ccc(-c2cccc(-n3c4ccc(-c5ccc6oc7cccc(-c8ccc9c(c8)c8ccc(-c%10ccc%11c(ccc%12c%11c%11cc(-c%13ccc%14oc%15cccc(-c%16ccc%17c(c%16)c%16ccccc%16n%17-c%16ccccc%16)c%15c%14c%13)ccc%11n%12-c%11ccccc%11)c%10)cc8n9-c8ccccc8)c7c6c5)cc4c4cc5ccccc5cc43)c2)cc1. The molecule has 25 aromatic rings. The Balaban J connectivity index is 0.589. The Morgan fingerprint density at radius 3 is 1.13 bits per heavy atom. The van der Waals surface area contributed by atoms with Gasteiger partial charge in [0.25, 0.3) is 0 Å². The van der Waals surface area contributed by atoms with E-state index in [1.165, 1.54) is 92.3 Å². The molecular formula is C110H66N4O2. The van der Waals surface area contributed by atoms with Gasteiger partial charge in [-0.2, -0.15) is 0 Å². The summed E-state index contributed by atoms with van der Waals surface area (Å²) < 4.78 is 23.2. The average Bonchev–Trinajstić information content (AvgIpc) is 1.56. The van der Waals surface area contributed by atoms with Gasteiger partial charge in [0, 0.05) is 87.4 Å². The fourth-order valence-corrected chi connectivity index (χ4v) is 19.4. The van der Waals surface area contributed by atoms with Crippen LogP contribution in [0.4, 0.5) is 0 Å². The molecule has 6 aromatic heterocycles. The zero-order chi connectivity index (χ0) is 75.8. The molecule has 6 heterocycles. The van der Waals surface area contributed by atoms with Gasteiger partial charge in [0.1, 0.15) is 22.3 Å². The molecule has 0 bridgehead atoms. The van der Waals surface area contributed by atoms with E-state index in [0.29, 0.717) is 0 Å². The summed E-state index contributed by atoms with van der Waals surface area (Å²) in [5.74, 6) is 0. The second kappa shape index (κ2) is 25.0. The highest BCUT2D eigenvalue weighted by Crippen LogP contribution is 2.48. The molecule has 0 saturated heterocycles. The molecule has 0 radical (unpaired) electrons. The third kappa shape index (κ3) is 9.78. The van der Waals surface area contributed by atoms with E-state index in [0.717, 1.165) is 150 Å². The van der Waals surface area contributed by atoms with Gasteiger partial charge < -0.3 is 27.1 Å². The minimum atomic E-state index is 0.859. The predicted octanol–water partition coefficient (Wildman–Crippen LogP) is 30.2. The standard InChI is InChI=1S/C110H66N4O2/c1-5-20-67(21-6-1)68-24-17-31-83(57-68)114-99-49-40-72(59-91(99)92-58-69-22-13-14-23-70(69)65-103(92)114)74-45-54-104-94(61-74)110-85(34-19-37-107(110)115-104)79-43-52-98-90(64-79)88-48-39-76(66-102(88)113(98)82-29-11-4-12-30-82)71-38-47-86-77(56-71)44-53-101-108(86)93-60-73(41-50-100(93)112(101)81-27-9-3-10-28-81)75-46-55-105-95(62-75)109-84(33-18-36-106(109)116-105)78-42-51-97-89(63-78)87-32-15-16-35-96(87)111(97)80-25-7-2-8-26-80/h1-66H. The Morgan fingerprint density at radius 2 is 0.517 bits per heavy atom. The molecule has 0 unspecified atom stereocenters. The third-order valence-corrected chi connectivity index (χ3v) is 24.7. The highest BCUT2D eigenvalue weighted by molar-refractivity contribution is 6.24. The summed E-state index contributed by atoms with van der Waals surface area (Å²) in [6.45, 7) is 0. The fraction of sp³-hybridized carbons (Fsp3) is 0. The molecular weight excluding hydrogens is 1410 g/mol. The van der Waals surface area contributed by atoms with Crippen LogP contribution in [-0.2, 0) is 0 Å². The van der Waals surface area contributed by atoms with Crippen molar-refractivity contribution in [3.63, 3.8) is 0 Å². The van der Waals surface area contributed by atoms with Crippen LogP contribution in [0.15, 0.2) is 409 Å². The molecule has 0 saturated carbocycles. The Bertz CT molecular complexity index is 8440. The normalized spacial score (nSPS) is 12.1. The fourth-order valence-electron chi connectivity index (χ4n) is 19.4. The first-order valence-corrected chi connectivity index (χ1v) is 39.8. The molecule has 0 atom stereocenters. The van der Waals surface area contributed by atoms with Crippen molar-refractivity contribution in [1.29, 1.82) is 0 Å². The lowest BCUT2D eigenvalue weighted by atomic mass is 9.95. The quantitative estimate of drug-likeness (QED) is 0.137. The van der Waals surface area contributed by atoms with Crippen LogP contribution in [0.25, 0.3) is 242 Å². The van der Waals surface area contributed by atoms with Gasteiger partial charge in [-0.3, -0.25) is 0 Å². The number of rotatable bonds is 10. The molecule has 0 aliphatic carbocycles. The van der Waals surface area contributed by atoms with Crippen LogP contribution in [-0.4, -0.2) is 18.3 Å². The third-order valence-electron chi connectivity index (χ3n) is 24.7. The first kappa shape index (κ1) is 64.2. The van der Waals surface area contributed by atoms with E-state index >= 15 is 0 Å². The van der Waals surface area contributed by atoms with Crippen molar-refractivity contribution >= 4 is 153 Å². The minimum absolute atomic E-state index is 0.859. The van der Waals surface area contributed by atoms with Gasteiger partial charge in [0.15, 0.2) is 0 Å². The number of furan rings is 2. The molecule has 538 valence electrons. The zero-order valence-electron chi connectivity index (χ0n) is 62.7. The van der Waals surface area contributed by atoms with Gasteiger partial charge in [-0.15, -0.1) is 0 Å². The monoisotopic (exact) mass is 1470 g/mol. The number of hydrogen-bond acceptors (Lipinski definition) is 2. The maximum atomic E-state index is 6.80. The van der Waals surface area contributed by atoms with Crippen LogP contribution >= 0.6 is 0 Å². The average molecular weight is 1480 g/mol. The molecule has 0 fully saturated rings. The summed E-state index contributed by atoms with van der Waals surface area (Å²) in [6, 6.07) is 147. The van der Waals surface area contributed by atoms with Crippen molar-refractivity contribution in [2.24, 2.45) is 0 Å². The second-order valence-corrected chi connectivity index (χ2v) is 31.0. The maximum Gasteiger partial charge on any atom is 0.136 e. The van der Waals surface area contributed by atoms with Gasteiger partial charge in [-0.25, -0.2) is 0 Å². The zero-order valence-corrected chi connectivity index (χ0v) is 62.7. The van der Waals surface area contributed by atoms with Gasteiger partial charge in [0.2, 0.25) is 0 Å². The van der Waals surface area contributed by atoms with Crippen LogP contribution in [0.2, 0.25) is 0 Å². The molecule has 0 aliphatic rings. The molecule has 116 heavy (non-hydrogen) atoms. The number of hydrogen-bond donors (Lipinski definition) is 0. The molecule has 19 aromatic carbocycles. The van der Waals surface area contributed by atoms with Crippen molar-refractivity contribution < 1.29 is 8.83 Å². The summed E-state index contributed by atoms with van der Waals surface area (Å²) in [6.07, 6.45) is 0. The van der Waals surface area contributed by atoms with Crippen LogP contribution in [0, 0.1) is 0 Å². The lowest BCUT2D eigenvalue weighted by molar-refractivity contribution is 0.668. The first-order chi connectivity index (χ1) is 57.5. The lowest BCUT2D eigenvalue weighted by Gasteiger charge is -2.11. The van der Waals surface area contributed by atoms with Gasteiger partial charge >= 0.3 is 0 Å². The summed E-state index contributed by atoms with van der Waals surface area (Å²) in [7, 11) is 0. The Kier molecular flexibility index (Phi) is 13.8. The van der Waals surface area contributed by atoms with Crippen molar-refractivity contribution in [3.8, 4) is 89.5 Å². The van der Waals surface area contributed by atoms with E-state index in [9.17, 15) is 0 Å². The molecule has 25 rings (SSSR count). The lowest BCUT2D eigenvalue weighted by Crippen LogP contribution is -1.94.